The average Bonchev–Trinajstić information content (AvgIpc) is 3.26. The van der Waals surface area contributed by atoms with E-state index in [1.165, 1.54) is 12.3 Å². The lowest BCUT2D eigenvalue weighted by Gasteiger charge is -2.36. The Balaban J connectivity index is 1.36. The van der Waals surface area contributed by atoms with Crippen LogP contribution in [0.3, 0.4) is 0 Å². The first-order valence-electron chi connectivity index (χ1n) is 8.68. The van der Waals surface area contributed by atoms with E-state index < -0.39 is 11.9 Å². The van der Waals surface area contributed by atoms with Gasteiger partial charge in [-0.15, -0.1) is 0 Å². The summed E-state index contributed by atoms with van der Waals surface area (Å²) in [5, 5.41) is 2.37. The minimum Gasteiger partial charge on any atom is -0.459 e. The summed E-state index contributed by atoms with van der Waals surface area (Å²) >= 11 is 0. The van der Waals surface area contributed by atoms with Crippen molar-refractivity contribution >= 4 is 23.5 Å². The highest BCUT2D eigenvalue weighted by Gasteiger charge is 2.22. The number of benzene rings is 1. The van der Waals surface area contributed by atoms with Gasteiger partial charge in [-0.2, -0.15) is 0 Å². The second kappa shape index (κ2) is 8.88. The van der Waals surface area contributed by atoms with Crippen molar-refractivity contribution < 1.29 is 23.5 Å². The number of hydrogen-bond acceptors (Lipinski definition) is 6. The number of rotatable bonds is 6. The van der Waals surface area contributed by atoms with Gasteiger partial charge in [0.1, 0.15) is 6.54 Å². The molecule has 8 heteroatoms. The molecule has 2 aromatic rings. The molecule has 0 aliphatic carbocycles. The molecule has 0 bridgehead atoms. The van der Waals surface area contributed by atoms with Gasteiger partial charge in [-0.05, 0) is 24.3 Å². The van der Waals surface area contributed by atoms with Gasteiger partial charge in [0.05, 0.1) is 6.26 Å². The summed E-state index contributed by atoms with van der Waals surface area (Å²) in [5.74, 6) is -1.32. The zero-order chi connectivity index (χ0) is 19.1. The molecule has 2 amide bonds. The van der Waals surface area contributed by atoms with Gasteiger partial charge in [0.25, 0.3) is 11.8 Å². The summed E-state index contributed by atoms with van der Waals surface area (Å²) in [6.07, 6.45) is 1.36. The highest BCUT2D eigenvalue weighted by atomic mass is 16.5. The quantitative estimate of drug-likeness (QED) is 0.759. The first-order chi connectivity index (χ1) is 13.1. The first-order valence-corrected chi connectivity index (χ1v) is 8.68. The molecule has 1 N–H and O–H groups in total. The van der Waals surface area contributed by atoms with Crippen LogP contribution >= 0.6 is 0 Å². The standard InChI is InChI=1S/C19H21N3O5/c23-17(14-27-18(24)13-20-19(25)16-7-4-12-26-16)22-10-8-21(9-11-22)15-5-2-1-3-6-15/h1-7,12H,8-11,13-14H2,(H,20,25). The van der Waals surface area contributed by atoms with Crippen LogP contribution in [0.25, 0.3) is 0 Å². The molecular weight excluding hydrogens is 350 g/mol. The summed E-state index contributed by atoms with van der Waals surface area (Å²) in [5.41, 5.74) is 1.13. The van der Waals surface area contributed by atoms with E-state index in [1.807, 2.05) is 30.3 Å². The van der Waals surface area contributed by atoms with Crippen molar-refractivity contribution in [3.63, 3.8) is 0 Å². The van der Waals surface area contributed by atoms with Gasteiger partial charge in [0.15, 0.2) is 12.4 Å². The number of para-hydroxylation sites is 1. The number of hydrogen-bond donors (Lipinski definition) is 1. The van der Waals surface area contributed by atoms with Gasteiger partial charge in [-0.3, -0.25) is 14.4 Å². The zero-order valence-corrected chi connectivity index (χ0v) is 14.8. The molecule has 27 heavy (non-hydrogen) atoms. The molecule has 3 rings (SSSR count). The van der Waals surface area contributed by atoms with E-state index in [2.05, 4.69) is 10.2 Å². The largest absolute Gasteiger partial charge is 0.459 e. The first kappa shape index (κ1) is 18.5. The van der Waals surface area contributed by atoms with Crippen LogP contribution in [0, 0.1) is 0 Å². The Morgan fingerprint density at radius 1 is 1.00 bits per heavy atom. The minimum atomic E-state index is -0.675. The smallest absolute Gasteiger partial charge is 0.325 e. The number of nitrogens with one attached hydrogen (secondary N) is 1. The van der Waals surface area contributed by atoms with E-state index in [0.717, 1.165) is 18.8 Å². The Kier molecular flexibility index (Phi) is 6.09. The van der Waals surface area contributed by atoms with Crippen molar-refractivity contribution in [1.29, 1.82) is 0 Å². The van der Waals surface area contributed by atoms with Gasteiger partial charge >= 0.3 is 5.97 Å². The maximum absolute atomic E-state index is 12.2. The molecule has 1 aliphatic heterocycles. The average molecular weight is 371 g/mol. The summed E-state index contributed by atoms with van der Waals surface area (Å²) < 4.78 is 9.86. The predicted molar refractivity (Wildman–Crippen MR) is 97.2 cm³/mol. The van der Waals surface area contributed by atoms with Gasteiger partial charge in [0, 0.05) is 31.9 Å². The van der Waals surface area contributed by atoms with Gasteiger partial charge in [0.2, 0.25) is 0 Å². The number of piperazine rings is 1. The topological polar surface area (TPSA) is 92.1 Å². The van der Waals surface area contributed by atoms with Crippen molar-refractivity contribution in [2.75, 3.05) is 44.2 Å². The van der Waals surface area contributed by atoms with Crippen LogP contribution < -0.4 is 10.2 Å². The molecule has 0 saturated carbocycles. The minimum absolute atomic E-state index is 0.107. The van der Waals surface area contributed by atoms with E-state index in [-0.39, 0.29) is 24.8 Å². The fourth-order valence-corrected chi connectivity index (χ4v) is 2.78. The number of carbonyl (C=O) groups is 3. The maximum atomic E-state index is 12.2. The molecule has 0 unspecified atom stereocenters. The maximum Gasteiger partial charge on any atom is 0.325 e. The third kappa shape index (κ3) is 5.10. The molecule has 0 atom stereocenters. The fraction of sp³-hybridized carbons (Fsp3) is 0.316. The molecule has 8 nitrogen and oxygen atoms in total. The number of amides is 2. The second-order valence-corrected chi connectivity index (χ2v) is 6.02. The highest BCUT2D eigenvalue weighted by Crippen LogP contribution is 2.15. The normalized spacial score (nSPS) is 13.9. The lowest BCUT2D eigenvalue weighted by atomic mass is 10.2. The van der Waals surface area contributed by atoms with Crippen LogP contribution in [-0.2, 0) is 14.3 Å². The number of anilines is 1. The van der Waals surface area contributed by atoms with Crippen LogP contribution in [-0.4, -0.2) is 62.0 Å². The van der Waals surface area contributed by atoms with Gasteiger partial charge in [-0.25, -0.2) is 0 Å². The summed E-state index contributed by atoms with van der Waals surface area (Å²) in [6, 6.07) is 13.1. The van der Waals surface area contributed by atoms with Crippen LogP contribution in [0.5, 0.6) is 0 Å². The summed E-state index contributed by atoms with van der Waals surface area (Å²) in [6.45, 7) is 1.93. The summed E-state index contributed by atoms with van der Waals surface area (Å²) in [4.78, 5) is 39.4. The number of esters is 1. The molecule has 0 spiro atoms. The number of carbonyl (C=O) groups excluding carboxylic acids is 3. The van der Waals surface area contributed by atoms with E-state index >= 15 is 0 Å². The predicted octanol–water partition coefficient (Wildman–Crippen LogP) is 0.901. The van der Waals surface area contributed by atoms with Crippen LogP contribution in [0.2, 0.25) is 0 Å². The van der Waals surface area contributed by atoms with Crippen molar-refractivity contribution in [2.24, 2.45) is 0 Å². The molecule has 1 aromatic carbocycles. The lowest BCUT2D eigenvalue weighted by molar-refractivity contribution is -0.151. The Morgan fingerprint density at radius 3 is 2.41 bits per heavy atom. The number of ether oxygens (including phenoxy) is 1. The van der Waals surface area contributed by atoms with Crippen molar-refractivity contribution in [3.05, 3.63) is 54.5 Å². The fourth-order valence-electron chi connectivity index (χ4n) is 2.78. The van der Waals surface area contributed by atoms with E-state index in [9.17, 15) is 14.4 Å². The number of furan rings is 1. The Hall–Kier alpha value is -3.29. The molecule has 1 aromatic heterocycles. The molecule has 1 saturated heterocycles. The van der Waals surface area contributed by atoms with Gasteiger partial charge < -0.3 is 24.3 Å². The van der Waals surface area contributed by atoms with E-state index in [1.54, 1.807) is 11.0 Å². The van der Waals surface area contributed by atoms with Crippen LogP contribution in [0.1, 0.15) is 10.6 Å². The third-order valence-electron chi connectivity index (χ3n) is 4.25. The molecule has 0 radical (unpaired) electrons. The van der Waals surface area contributed by atoms with E-state index in [0.29, 0.717) is 13.1 Å². The lowest BCUT2D eigenvalue weighted by Crippen LogP contribution is -2.50. The number of nitrogens with zero attached hydrogens (tertiary/aromatic N) is 2. The van der Waals surface area contributed by atoms with E-state index in [4.69, 9.17) is 9.15 Å². The van der Waals surface area contributed by atoms with Crippen molar-refractivity contribution in [3.8, 4) is 0 Å². The second-order valence-electron chi connectivity index (χ2n) is 6.02. The Labute approximate surface area is 156 Å². The highest BCUT2D eigenvalue weighted by molar-refractivity contribution is 5.93. The third-order valence-corrected chi connectivity index (χ3v) is 4.25. The molecule has 142 valence electrons. The van der Waals surface area contributed by atoms with Crippen LogP contribution in [0.4, 0.5) is 5.69 Å². The molecule has 2 heterocycles. The Bertz CT molecular complexity index is 768. The summed E-state index contributed by atoms with van der Waals surface area (Å²) in [7, 11) is 0. The molecule has 1 fully saturated rings. The van der Waals surface area contributed by atoms with Crippen molar-refractivity contribution in [2.45, 2.75) is 0 Å². The molecule has 1 aliphatic rings. The molecular formula is C19H21N3O5. The van der Waals surface area contributed by atoms with Crippen molar-refractivity contribution in [1.82, 2.24) is 10.2 Å². The monoisotopic (exact) mass is 371 g/mol. The zero-order valence-electron chi connectivity index (χ0n) is 14.8. The van der Waals surface area contributed by atoms with Crippen LogP contribution in [0.15, 0.2) is 53.1 Å². The van der Waals surface area contributed by atoms with Gasteiger partial charge in [-0.1, -0.05) is 18.2 Å². The SMILES string of the molecule is O=C(CNC(=O)c1ccco1)OCC(=O)N1CCN(c2ccccc2)CC1. The Morgan fingerprint density at radius 2 is 1.74 bits per heavy atom.